The number of halogens is 2. The molecule has 0 radical (unpaired) electrons. The molecule has 4 nitrogen and oxygen atoms in total. The number of rotatable bonds is 5. The summed E-state index contributed by atoms with van der Waals surface area (Å²) in [5, 5.41) is 6.97. The van der Waals surface area contributed by atoms with E-state index in [2.05, 4.69) is 47.4 Å². The summed E-state index contributed by atoms with van der Waals surface area (Å²) in [7, 11) is 1.83. The van der Waals surface area contributed by atoms with Crippen molar-refractivity contribution >= 4 is 52.9 Å². The van der Waals surface area contributed by atoms with Gasteiger partial charge in [-0.15, -0.1) is 35.3 Å². The molecule has 0 bridgehead atoms. The van der Waals surface area contributed by atoms with E-state index >= 15 is 0 Å². The van der Waals surface area contributed by atoms with Crippen LogP contribution in [0.15, 0.2) is 17.1 Å². The molecule has 0 aromatic carbocycles. The summed E-state index contributed by atoms with van der Waals surface area (Å²) in [4.78, 5) is 8.16. The zero-order valence-corrected chi connectivity index (χ0v) is 18.2. The third kappa shape index (κ3) is 6.40. The van der Waals surface area contributed by atoms with Crippen molar-refractivity contribution in [1.29, 1.82) is 0 Å². The number of nitrogens with zero attached hydrogens (tertiary/aromatic N) is 2. The SMILES string of the molecule is CN=C(NCCc1ccc(Cl)s1)NC1CN(C(C)C)CC1C.I. The van der Waals surface area contributed by atoms with Gasteiger partial charge < -0.3 is 10.6 Å². The Labute approximate surface area is 166 Å². The molecule has 2 unspecified atom stereocenters. The first-order valence-corrected chi connectivity index (χ1v) is 9.14. The van der Waals surface area contributed by atoms with E-state index in [0.717, 1.165) is 36.4 Å². The minimum atomic E-state index is 0. The highest BCUT2D eigenvalue weighted by Gasteiger charge is 2.31. The maximum atomic E-state index is 5.96. The third-order valence-electron chi connectivity index (χ3n) is 4.21. The molecule has 2 rings (SSSR count). The zero-order chi connectivity index (χ0) is 16.1. The summed E-state index contributed by atoms with van der Waals surface area (Å²) in [6, 6.07) is 5.11. The van der Waals surface area contributed by atoms with Crippen LogP contribution in [-0.4, -0.2) is 49.6 Å². The average Bonchev–Trinajstić information content (AvgIpc) is 3.04. The van der Waals surface area contributed by atoms with E-state index in [-0.39, 0.29) is 24.0 Å². The van der Waals surface area contributed by atoms with Gasteiger partial charge in [0.05, 0.1) is 4.34 Å². The molecule has 1 aliphatic heterocycles. The van der Waals surface area contributed by atoms with Crippen molar-refractivity contribution in [3.05, 3.63) is 21.3 Å². The lowest BCUT2D eigenvalue weighted by molar-refractivity contribution is 0.265. The van der Waals surface area contributed by atoms with Crippen molar-refractivity contribution in [3.8, 4) is 0 Å². The van der Waals surface area contributed by atoms with E-state index in [4.69, 9.17) is 11.6 Å². The van der Waals surface area contributed by atoms with Crippen molar-refractivity contribution in [2.24, 2.45) is 10.9 Å². The lowest BCUT2D eigenvalue weighted by Gasteiger charge is -2.21. The zero-order valence-electron chi connectivity index (χ0n) is 14.3. The molecule has 0 spiro atoms. The monoisotopic (exact) mass is 470 g/mol. The Morgan fingerprint density at radius 1 is 1.43 bits per heavy atom. The van der Waals surface area contributed by atoms with Crippen LogP contribution in [0.1, 0.15) is 25.6 Å². The Balaban J connectivity index is 0.00000264. The lowest BCUT2D eigenvalue weighted by atomic mass is 10.1. The van der Waals surface area contributed by atoms with Crippen molar-refractivity contribution in [2.75, 3.05) is 26.7 Å². The van der Waals surface area contributed by atoms with Gasteiger partial charge in [0.25, 0.3) is 0 Å². The molecule has 23 heavy (non-hydrogen) atoms. The largest absolute Gasteiger partial charge is 0.356 e. The molecule has 2 atom stereocenters. The molecule has 2 heterocycles. The Morgan fingerprint density at radius 3 is 2.70 bits per heavy atom. The van der Waals surface area contributed by atoms with E-state index in [1.54, 1.807) is 11.3 Å². The molecular weight excluding hydrogens is 443 g/mol. The van der Waals surface area contributed by atoms with Crippen molar-refractivity contribution in [3.63, 3.8) is 0 Å². The summed E-state index contributed by atoms with van der Waals surface area (Å²) in [6.07, 6.45) is 0.969. The number of hydrogen-bond acceptors (Lipinski definition) is 3. The third-order valence-corrected chi connectivity index (χ3v) is 5.50. The molecule has 2 N–H and O–H groups in total. The topological polar surface area (TPSA) is 39.7 Å². The molecule has 0 amide bonds. The molecule has 1 aromatic heterocycles. The maximum absolute atomic E-state index is 5.96. The standard InChI is InChI=1S/C16H27ClN4S.HI/c1-11(2)21-9-12(3)14(10-21)20-16(18-4)19-8-7-13-5-6-15(17)22-13;/h5-6,11-12,14H,7-10H2,1-4H3,(H2,18,19,20);1H. The Hall–Kier alpha value is -0.0500. The van der Waals surface area contributed by atoms with E-state index in [9.17, 15) is 0 Å². The second-order valence-electron chi connectivity index (χ2n) is 6.23. The van der Waals surface area contributed by atoms with E-state index < -0.39 is 0 Å². The van der Waals surface area contributed by atoms with Crippen LogP contribution in [0.25, 0.3) is 0 Å². The molecule has 1 saturated heterocycles. The van der Waals surface area contributed by atoms with Gasteiger partial charge in [0.15, 0.2) is 5.96 Å². The van der Waals surface area contributed by atoms with Crippen LogP contribution in [0.5, 0.6) is 0 Å². The minimum Gasteiger partial charge on any atom is -0.356 e. The lowest BCUT2D eigenvalue weighted by Crippen LogP contribution is -2.47. The average molecular weight is 471 g/mol. The summed E-state index contributed by atoms with van der Waals surface area (Å²) < 4.78 is 0.853. The van der Waals surface area contributed by atoms with Crippen LogP contribution in [0.2, 0.25) is 4.34 Å². The van der Waals surface area contributed by atoms with Crippen molar-refractivity contribution < 1.29 is 0 Å². The first-order valence-electron chi connectivity index (χ1n) is 7.95. The van der Waals surface area contributed by atoms with Crippen LogP contribution in [0.3, 0.4) is 0 Å². The number of guanidine groups is 1. The van der Waals surface area contributed by atoms with E-state index in [1.165, 1.54) is 4.88 Å². The number of likely N-dealkylation sites (tertiary alicyclic amines) is 1. The fourth-order valence-corrected chi connectivity index (χ4v) is 3.86. The number of thiophene rings is 1. The first kappa shape index (κ1) is 21.0. The second-order valence-corrected chi connectivity index (χ2v) is 8.03. The van der Waals surface area contributed by atoms with Gasteiger partial charge in [0.2, 0.25) is 0 Å². The molecule has 0 aliphatic carbocycles. The van der Waals surface area contributed by atoms with Gasteiger partial charge in [-0.3, -0.25) is 9.89 Å². The predicted molar refractivity (Wildman–Crippen MR) is 113 cm³/mol. The second kappa shape index (κ2) is 10.1. The Kier molecular flexibility index (Phi) is 9.18. The fraction of sp³-hybridized carbons (Fsp3) is 0.688. The number of nitrogens with one attached hydrogen (secondary N) is 2. The number of hydrogen-bond donors (Lipinski definition) is 2. The van der Waals surface area contributed by atoms with E-state index in [0.29, 0.717) is 18.0 Å². The van der Waals surface area contributed by atoms with Gasteiger partial charge >= 0.3 is 0 Å². The highest BCUT2D eigenvalue weighted by molar-refractivity contribution is 14.0. The molecule has 132 valence electrons. The van der Waals surface area contributed by atoms with Crippen LogP contribution >= 0.6 is 46.9 Å². The van der Waals surface area contributed by atoms with Crippen molar-refractivity contribution in [1.82, 2.24) is 15.5 Å². The molecule has 0 saturated carbocycles. The van der Waals surface area contributed by atoms with E-state index in [1.807, 2.05) is 13.1 Å². The van der Waals surface area contributed by atoms with Gasteiger partial charge in [-0.2, -0.15) is 0 Å². The summed E-state index contributed by atoms with van der Waals surface area (Å²) in [6.45, 7) is 9.93. The van der Waals surface area contributed by atoms with Crippen LogP contribution < -0.4 is 10.6 Å². The molecule has 7 heteroatoms. The minimum absolute atomic E-state index is 0. The molecular formula is C16H28ClIN4S. The smallest absolute Gasteiger partial charge is 0.191 e. The van der Waals surface area contributed by atoms with Gasteiger partial charge in [-0.25, -0.2) is 0 Å². The normalized spacial score (nSPS) is 22.3. The van der Waals surface area contributed by atoms with Gasteiger partial charge in [0, 0.05) is 43.6 Å². The molecule has 1 aromatic rings. The van der Waals surface area contributed by atoms with Gasteiger partial charge in [0.1, 0.15) is 0 Å². The van der Waals surface area contributed by atoms with Gasteiger partial charge in [-0.05, 0) is 38.3 Å². The van der Waals surface area contributed by atoms with Gasteiger partial charge in [-0.1, -0.05) is 18.5 Å². The van der Waals surface area contributed by atoms with Crippen LogP contribution in [0, 0.1) is 5.92 Å². The summed E-state index contributed by atoms with van der Waals surface area (Å²) >= 11 is 7.60. The Morgan fingerprint density at radius 2 is 2.17 bits per heavy atom. The quantitative estimate of drug-likeness (QED) is 0.393. The predicted octanol–water partition coefficient (Wildman–Crippen LogP) is 3.46. The highest BCUT2D eigenvalue weighted by atomic mass is 127. The number of aliphatic imine (C=N–C) groups is 1. The molecule has 1 aliphatic rings. The first-order chi connectivity index (χ1) is 10.5. The molecule has 1 fully saturated rings. The highest BCUT2D eigenvalue weighted by Crippen LogP contribution is 2.21. The van der Waals surface area contributed by atoms with Crippen LogP contribution in [-0.2, 0) is 6.42 Å². The van der Waals surface area contributed by atoms with Crippen molar-refractivity contribution in [2.45, 2.75) is 39.3 Å². The maximum Gasteiger partial charge on any atom is 0.191 e. The summed E-state index contributed by atoms with van der Waals surface area (Å²) in [5.74, 6) is 1.53. The summed E-state index contributed by atoms with van der Waals surface area (Å²) in [5.41, 5.74) is 0. The fourth-order valence-electron chi connectivity index (χ4n) is 2.77. The van der Waals surface area contributed by atoms with Crippen LogP contribution in [0.4, 0.5) is 0 Å². The Bertz CT molecular complexity index is 506.